The summed E-state index contributed by atoms with van der Waals surface area (Å²) in [6, 6.07) is 13.3. The molecule has 1 aliphatic carbocycles. The molecule has 0 radical (unpaired) electrons. The summed E-state index contributed by atoms with van der Waals surface area (Å²) >= 11 is 6.02. The summed E-state index contributed by atoms with van der Waals surface area (Å²) in [5, 5.41) is 3.36. The first kappa shape index (κ1) is 19.2. The molecule has 0 bridgehead atoms. The van der Waals surface area contributed by atoms with Crippen LogP contribution < -0.4 is 10.1 Å². The van der Waals surface area contributed by atoms with Gasteiger partial charge < -0.3 is 14.8 Å². The lowest BCUT2D eigenvalue weighted by Gasteiger charge is -2.26. The number of nitrogens with one attached hydrogen (secondary N) is 1. The zero-order valence-electron chi connectivity index (χ0n) is 15.2. The van der Waals surface area contributed by atoms with Gasteiger partial charge in [0.05, 0.1) is 11.1 Å². The van der Waals surface area contributed by atoms with Crippen LogP contribution in [0.3, 0.4) is 0 Å². The molecular formula is C21H22ClNO4. The van der Waals surface area contributed by atoms with Gasteiger partial charge in [-0.3, -0.25) is 4.79 Å². The molecule has 0 aromatic heterocycles. The molecule has 2 aromatic carbocycles. The second-order valence-corrected chi connectivity index (χ2v) is 7.00. The molecule has 2 aromatic rings. The smallest absolute Gasteiger partial charge is 0.344 e. The van der Waals surface area contributed by atoms with Gasteiger partial charge in [-0.1, -0.05) is 41.9 Å². The van der Waals surface area contributed by atoms with Gasteiger partial charge in [-0.05, 0) is 55.0 Å². The minimum Gasteiger partial charge on any atom is -0.480 e. The number of esters is 1. The van der Waals surface area contributed by atoms with Crippen LogP contribution in [-0.4, -0.2) is 25.1 Å². The lowest BCUT2D eigenvalue weighted by atomic mass is 9.88. The zero-order chi connectivity index (χ0) is 19.2. The SMILES string of the molecule is Cc1ccc(Cl)c(OCC(=O)OCC(=O)N[C@H]2CCCc3ccccc32)c1. The molecule has 3 rings (SSSR count). The molecule has 0 fully saturated rings. The molecule has 27 heavy (non-hydrogen) atoms. The third-order valence-corrected chi connectivity index (χ3v) is 4.81. The highest BCUT2D eigenvalue weighted by atomic mass is 35.5. The molecular weight excluding hydrogens is 366 g/mol. The molecule has 1 aliphatic rings. The fraction of sp³-hybridized carbons (Fsp3) is 0.333. The van der Waals surface area contributed by atoms with E-state index in [2.05, 4.69) is 11.4 Å². The minimum atomic E-state index is -0.619. The maximum Gasteiger partial charge on any atom is 0.344 e. The molecule has 0 saturated heterocycles. The maximum absolute atomic E-state index is 12.1. The van der Waals surface area contributed by atoms with E-state index in [1.165, 1.54) is 5.56 Å². The highest BCUT2D eigenvalue weighted by molar-refractivity contribution is 6.32. The minimum absolute atomic E-state index is 0.0384. The standard InChI is InChI=1S/C21H22ClNO4/c1-14-9-10-17(22)19(11-14)26-13-21(25)27-12-20(24)23-18-8-4-6-15-5-2-3-7-16(15)18/h2-3,5,7,9-11,18H,4,6,8,12-13H2,1H3,(H,23,24)/t18-/m0/s1. The van der Waals surface area contributed by atoms with E-state index in [-0.39, 0.29) is 25.2 Å². The monoisotopic (exact) mass is 387 g/mol. The topological polar surface area (TPSA) is 64.6 Å². The molecule has 0 saturated carbocycles. The van der Waals surface area contributed by atoms with Crippen molar-refractivity contribution in [1.82, 2.24) is 5.32 Å². The molecule has 0 aliphatic heterocycles. The van der Waals surface area contributed by atoms with Crippen LogP contribution in [0.2, 0.25) is 5.02 Å². The summed E-state index contributed by atoms with van der Waals surface area (Å²) in [5.41, 5.74) is 3.37. The number of amides is 1. The van der Waals surface area contributed by atoms with E-state index in [0.29, 0.717) is 10.8 Å². The number of fused-ring (bicyclic) bond motifs is 1. The Morgan fingerprint density at radius 1 is 1.19 bits per heavy atom. The summed E-state index contributed by atoms with van der Waals surface area (Å²) in [6.45, 7) is 1.26. The number of hydrogen-bond acceptors (Lipinski definition) is 4. The molecule has 0 unspecified atom stereocenters. The number of carbonyl (C=O) groups excluding carboxylic acids is 2. The summed E-state index contributed by atoms with van der Waals surface area (Å²) in [6.07, 6.45) is 2.93. The van der Waals surface area contributed by atoms with Crippen LogP contribution >= 0.6 is 11.6 Å². The van der Waals surface area contributed by atoms with Crippen molar-refractivity contribution in [3.8, 4) is 5.75 Å². The molecule has 5 nitrogen and oxygen atoms in total. The van der Waals surface area contributed by atoms with Crippen molar-refractivity contribution in [3.63, 3.8) is 0 Å². The molecule has 0 heterocycles. The van der Waals surface area contributed by atoms with Gasteiger partial charge in [0.15, 0.2) is 13.2 Å². The van der Waals surface area contributed by atoms with Crippen molar-refractivity contribution in [2.45, 2.75) is 32.2 Å². The van der Waals surface area contributed by atoms with Crippen LogP contribution in [0.4, 0.5) is 0 Å². The Morgan fingerprint density at radius 2 is 2.00 bits per heavy atom. The first-order chi connectivity index (χ1) is 13.0. The Morgan fingerprint density at radius 3 is 2.85 bits per heavy atom. The number of carbonyl (C=O) groups is 2. The van der Waals surface area contributed by atoms with E-state index >= 15 is 0 Å². The van der Waals surface area contributed by atoms with Gasteiger partial charge in [-0.25, -0.2) is 4.79 Å². The lowest BCUT2D eigenvalue weighted by Crippen LogP contribution is -2.34. The van der Waals surface area contributed by atoms with Crippen LogP contribution in [0.5, 0.6) is 5.75 Å². The van der Waals surface area contributed by atoms with E-state index in [9.17, 15) is 9.59 Å². The van der Waals surface area contributed by atoms with Crippen molar-refractivity contribution >= 4 is 23.5 Å². The lowest BCUT2D eigenvalue weighted by molar-refractivity contribution is -0.150. The number of hydrogen-bond donors (Lipinski definition) is 1. The largest absolute Gasteiger partial charge is 0.480 e. The summed E-state index contributed by atoms with van der Waals surface area (Å²) in [5.74, 6) is -0.526. The van der Waals surface area contributed by atoms with Gasteiger partial charge in [0.25, 0.3) is 5.91 Å². The molecule has 0 spiro atoms. The Balaban J connectivity index is 1.45. The maximum atomic E-state index is 12.1. The Bertz CT molecular complexity index is 837. The van der Waals surface area contributed by atoms with Crippen molar-refractivity contribution in [1.29, 1.82) is 0 Å². The molecule has 1 amide bonds. The van der Waals surface area contributed by atoms with Crippen LogP contribution in [0.15, 0.2) is 42.5 Å². The summed E-state index contributed by atoms with van der Waals surface area (Å²) in [7, 11) is 0. The third kappa shape index (κ3) is 5.23. The number of aryl methyl sites for hydroxylation is 2. The van der Waals surface area contributed by atoms with Crippen LogP contribution in [0, 0.1) is 6.92 Å². The fourth-order valence-corrected chi connectivity index (χ4v) is 3.36. The third-order valence-electron chi connectivity index (χ3n) is 4.50. The highest BCUT2D eigenvalue weighted by Crippen LogP contribution is 2.29. The van der Waals surface area contributed by atoms with Crippen molar-refractivity contribution in [2.24, 2.45) is 0 Å². The Labute approximate surface area is 163 Å². The Kier molecular flexibility index (Phi) is 6.35. The quantitative estimate of drug-likeness (QED) is 0.766. The molecule has 6 heteroatoms. The van der Waals surface area contributed by atoms with Gasteiger partial charge in [0.2, 0.25) is 0 Å². The highest BCUT2D eigenvalue weighted by Gasteiger charge is 2.21. The van der Waals surface area contributed by atoms with Crippen molar-refractivity contribution in [3.05, 3.63) is 64.2 Å². The first-order valence-corrected chi connectivity index (χ1v) is 9.32. The normalized spacial score (nSPS) is 15.6. The first-order valence-electron chi connectivity index (χ1n) is 8.94. The van der Waals surface area contributed by atoms with Crippen LogP contribution in [0.25, 0.3) is 0 Å². The average molecular weight is 388 g/mol. The van der Waals surface area contributed by atoms with E-state index in [1.807, 2.05) is 31.2 Å². The number of halogens is 1. The van der Waals surface area contributed by atoms with Crippen molar-refractivity contribution in [2.75, 3.05) is 13.2 Å². The van der Waals surface area contributed by atoms with Gasteiger partial charge in [0.1, 0.15) is 5.75 Å². The molecule has 142 valence electrons. The molecule has 1 N–H and O–H groups in total. The van der Waals surface area contributed by atoms with Crippen LogP contribution in [0.1, 0.15) is 35.6 Å². The van der Waals surface area contributed by atoms with Gasteiger partial charge >= 0.3 is 5.97 Å². The van der Waals surface area contributed by atoms with Gasteiger partial charge in [-0.2, -0.15) is 0 Å². The van der Waals surface area contributed by atoms with Gasteiger partial charge in [-0.15, -0.1) is 0 Å². The predicted molar refractivity (Wildman–Crippen MR) is 103 cm³/mol. The second-order valence-electron chi connectivity index (χ2n) is 6.59. The fourth-order valence-electron chi connectivity index (χ4n) is 3.19. The number of rotatable bonds is 6. The second kappa shape index (κ2) is 8.91. The van der Waals surface area contributed by atoms with Crippen molar-refractivity contribution < 1.29 is 19.1 Å². The number of ether oxygens (including phenoxy) is 2. The average Bonchev–Trinajstić information content (AvgIpc) is 2.67. The van der Waals surface area contributed by atoms with Crippen LogP contribution in [-0.2, 0) is 20.7 Å². The molecule has 1 atom stereocenters. The van der Waals surface area contributed by atoms with E-state index < -0.39 is 5.97 Å². The summed E-state index contributed by atoms with van der Waals surface area (Å²) in [4.78, 5) is 24.0. The van der Waals surface area contributed by atoms with E-state index in [0.717, 1.165) is 30.4 Å². The zero-order valence-corrected chi connectivity index (χ0v) is 15.9. The summed E-state index contributed by atoms with van der Waals surface area (Å²) < 4.78 is 10.4. The Hall–Kier alpha value is -2.53. The number of benzene rings is 2. The van der Waals surface area contributed by atoms with Gasteiger partial charge in [0, 0.05) is 0 Å². The predicted octanol–water partition coefficient (Wildman–Crippen LogP) is 3.76. The van der Waals surface area contributed by atoms with E-state index in [4.69, 9.17) is 21.1 Å². The van der Waals surface area contributed by atoms with E-state index in [1.54, 1.807) is 12.1 Å².